The third-order valence-corrected chi connectivity index (χ3v) is 2.64. The number of para-hydroxylation sites is 1. The molecule has 0 aliphatic heterocycles. The lowest BCUT2D eigenvalue weighted by Crippen LogP contribution is -1.96. The number of oxazole rings is 1. The first kappa shape index (κ1) is 10.9. The summed E-state index contributed by atoms with van der Waals surface area (Å²) in [7, 11) is 0. The summed E-state index contributed by atoms with van der Waals surface area (Å²) in [4.78, 5) is 15.2. The van der Waals surface area contributed by atoms with Gasteiger partial charge in [0.15, 0.2) is 16.6 Å². The van der Waals surface area contributed by atoms with E-state index in [0.29, 0.717) is 11.3 Å². The van der Waals surface area contributed by atoms with Crippen LogP contribution in [0.2, 0.25) is 5.22 Å². The fraction of sp³-hybridized carbons (Fsp3) is 0. The number of hydrogen-bond acceptors (Lipinski definition) is 4. The molecule has 0 unspecified atom stereocenters. The smallest absolute Gasteiger partial charge is 0.338 e. The second kappa shape index (κ2) is 3.89. The van der Waals surface area contributed by atoms with Gasteiger partial charge in [0.2, 0.25) is 0 Å². The lowest BCUT2D eigenvalue weighted by Gasteiger charge is -1.92. The van der Waals surface area contributed by atoms with Crippen molar-refractivity contribution in [3.8, 4) is 11.7 Å². The normalized spacial score (nSPS) is 10.9. The summed E-state index contributed by atoms with van der Waals surface area (Å²) in [6.07, 6.45) is 0. The van der Waals surface area contributed by atoms with Gasteiger partial charge in [-0.05, 0) is 35.9 Å². The molecule has 2 aromatic heterocycles. The minimum atomic E-state index is -1.06. The quantitative estimate of drug-likeness (QED) is 0.766. The number of aromatic carboxylic acids is 1. The van der Waals surface area contributed by atoms with Gasteiger partial charge >= 0.3 is 5.97 Å². The van der Waals surface area contributed by atoms with Crippen molar-refractivity contribution in [3.63, 3.8) is 0 Å². The predicted octanol–water partition coefficient (Wildman–Crippen LogP) is 3.44. The molecule has 2 heterocycles. The van der Waals surface area contributed by atoms with E-state index >= 15 is 0 Å². The molecular weight excluding hydrogens is 258 g/mol. The van der Waals surface area contributed by atoms with E-state index in [9.17, 15) is 4.79 Å². The number of halogens is 1. The fourth-order valence-corrected chi connectivity index (χ4v) is 1.80. The molecule has 0 radical (unpaired) electrons. The van der Waals surface area contributed by atoms with Crippen molar-refractivity contribution in [2.45, 2.75) is 0 Å². The minimum Gasteiger partial charge on any atom is -0.478 e. The van der Waals surface area contributed by atoms with Gasteiger partial charge in [-0.25, -0.2) is 9.78 Å². The number of fused-ring (bicyclic) bond motifs is 1. The van der Waals surface area contributed by atoms with E-state index < -0.39 is 5.97 Å². The van der Waals surface area contributed by atoms with E-state index in [1.807, 2.05) is 0 Å². The topological polar surface area (TPSA) is 76.5 Å². The molecule has 5 nitrogen and oxygen atoms in total. The van der Waals surface area contributed by atoms with Crippen molar-refractivity contribution in [1.29, 1.82) is 0 Å². The van der Waals surface area contributed by atoms with Crippen molar-refractivity contribution in [2.24, 2.45) is 0 Å². The van der Waals surface area contributed by atoms with Gasteiger partial charge in [-0.2, -0.15) is 0 Å². The first-order valence-corrected chi connectivity index (χ1v) is 5.41. The maximum absolute atomic E-state index is 11.0. The summed E-state index contributed by atoms with van der Waals surface area (Å²) < 4.78 is 10.6. The Balaban J connectivity index is 2.22. The fourth-order valence-electron chi connectivity index (χ4n) is 1.66. The Labute approximate surface area is 106 Å². The zero-order valence-corrected chi connectivity index (χ0v) is 9.64. The van der Waals surface area contributed by atoms with Gasteiger partial charge in [0.1, 0.15) is 5.52 Å². The number of carboxylic acid groups (broad SMARTS) is 1. The number of rotatable bonds is 2. The van der Waals surface area contributed by atoms with Gasteiger partial charge in [0, 0.05) is 0 Å². The molecule has 1 N–H and O–H groups in total. The zero-order chi connectivity index (χ0) is 12.7. The third kappa shape index (κ3) is 1.65. The van der Waals surface area contributed by atoms with Gasteiger partial charge < -0.3 is 13.9 Å². The summed E-state index contributed by atoms with van der Waals surface area (Å²) in [5.41, 5.74) is 0.755. The van der Waals surface area contributed by atoms with Gasteiger partial charge in [-0.1, -0.05) is 6.07 Å². The molecule has 0 saturated heterocycles. The van der Waals surface area contributed by atoms with Gasteiger partial charge in [0.05, 0.1) is 5.56 Å². The Kier molecular flexibility index (Phi) is 2.34. The van der Waals surface area contributed by atoms with Crippen LogP contribution in [0.4, 0.5) is 0 Å². The maximum atomic E-state index is 11.0. The number of nitrogens with zero attached hydrogens (tertiary/aromatic N) is 1. The van der Waals surface area contributed by atoms with Crippen LogP contribution in [0, 0.1) is 0 Å². The monoisotopic (exact) mass is 263 g/mol. The van der Waals surface area contributed by atoms with Crippen LogP contribution in [0.25, 0.3) is 22.8 Å². The largest absolute Gasteiger partial charge is 0.478 e. The summed E-state index contributed by atoms with van der Waals surface area (Å²) in [5, 5.41) is 9.25. The molecule has 0 amide bonds. The van der Waals surface area contributed by atoms with Crippen molar-refractivity contribution in [2.75, 3.05) is 0 Å². The molecular formula is C12H6ClNO4. The molecule has 0 atom stereocenters. The second-order valence-electron chi connectivity index (χ2n) is 3.58. The van der Waals surface area contributed by atoms with Crippen LogP contribution in [0.3, 0.4) is 0 Å². The molecule has 0 saturated carbocycles. The highest BCUT2D eigenvalue weighted by molar-refractivity contribution is 6.28. The zero-order valence-electron chi connectivity index (χ0n) is 8.88. The average molecular weight is 264 g/mol. The molecule has 0 aliphatic carbocycles. The lowest BCUT2D eigenvalue weighted by atomic mass is 10.2. The first-order valence-electron chi connectivity index (χ1n) is 5.04. The van der Waals surface area contributed by atoms with Gasteiger partial charge in [-0.3, -0.25) is 0 Å². The molecule has 3 aromatic rings. The minimum absolute atomic E-state index is 0.0835. The predicted molar refractivity (Wildman–Crippen MR) is 63.7 cm³/mol. The van der Waals surface area contributed by atoms with Crippen LogP contribution in [0.1, 0.15) is 10.4 Å². The standard InChI is InChI=1S/C12H6ClNO4/c13-9-5-4-8(17-9)11-14-10-6(12(15)16)2-1-3-7(10)18-11/h1-5H,(H,15,16). The molecule has 0 spiro atoms. The van der Waals surface area contributed by atoms with Gasteiger partial charge in [0.25, 0.3) is 5.89 Å². The van der Waals surface area contributed by atoms with Crippen molar-refractivity contribution < 1.29 is 18.7 Å². The highest BCUT2D eigenvalue weighted by Gasteiger charge is 2.16. The van der Waals surface area contributed by atoms with E-state index in [-0.39, 0.29) is 22.2 Å². The van der Waals surface area contributed by atoms with E-state index in [0.717, 1.165) is 0 Å². The number of furan rings is 1. The molecule has 1 aromatic carbocycles. The number of carbonyl (C=O) groups is 1. The second-order valence-corrected chi connectivity index (χ2v) is 3.95. The summed E-state index contributed by atoms with van der Waals surface area (Å²) in [6, 6.07) is 7.86. The Morgan fingerprint density at radius 3 is 2.72 bits per heavy atom. The first-order chi connectivity index (χ1) is 8.65. The average Bonchev–Trinajstić information content (AvgIpc) is 2.93. The van der Waals surface area contributed by atoms with E-state index in [4.69, 9.17) is 25.5 Å². The van der Waals surface area contributed by atoms with Crippen LogP contribution < -0.4 is 0 Å². The molecule has 0 aliphatic rings. The van der Waals surface area contributed by atoms with Crippen LogP contribution >= 0.6 is 11.6 Å². The van der Waals surface area contributed by atoms with E-state index in [1.54, 1.807) is 24.3 Å². The SMILES string of the molecule is O=C(O)c1cccc2oc(-c3ccc(Cl)o3)nc12. The van der Waals surface area contributed by atoms with Crippen molar-refractivity contribution >= 4 is 28.7 Å². The molecule has 18 heavy (non-hydrogen) atoms. The number of benzene rings is 1. The lowest BCUT2D eigenvalue weighted by molar-refractivity contribution is 0.0699. The number of hydrogen-bond donors (Lipinski definition) is 1. The Morgan fingerprint density at radius 2 is 2.06 bits per heavy atom. The van der Waals surface area contributed by atoms with Crippen LogP contribution in [-0.2, 0) is 0 Å². The van der Waals surface area contributed by atoms with Crippen LogP contribution in [-0.4, -0.2) is 16.1 Å². The van der Waals surface area contributed by atoms with Crippen molar-refractivity contribution in [1.82, 2.24) is 4.98 Å². The van der Waals surface area contributed by atoms with Crippen molar-refractivity contribution in [3.05, 3.63) is 41.1 Å². The molecule has 3 rings (SSSR count). The van der Waals surface area contributed by atoms with Crippen LogP contribution in [0.5, 0.6) is 0 Å². The number of aromatic nitrogens is 1. The number of carboxylic acids is 1. The Hall–Kier alpha value is -2.27. The Morgan fingerprint density at radius 1 is 1.22 bits per heavy atom. The highest BCUT2D eigenvalue weighted by Crippen LogP contribution is 2.28. The summed E-state index contributed by atoms with van der Waals surface area (Å²) in [6.45, 7) is 0. The third-order valence-electron chi connectivity index (χ3n) is 2.43. The maximum Gasteiger partial charge on any atom is 0.338 e. The van der Waals surface area contributed by atoms with Crippen LogP contribution in [0.15, 0.2) is 39.2 Å². The van der Waals surface area contributed by atoms with Gasteiger partial charge in [-0.15, -0.1) is 0 Å². The van der Waals surface area contributed by atoms with E-state index in [1.165, 1.54) is 6.07 Å². The summed E-state index contributed by atoms with van der Waals surface area (Å²) in [5.74, 6) is -0.504. The molecule has 90 valence electrons. The Bertz CT molecular complexity index is 743. The highest BCUT2D eigenvalue weighted by atomic mass is 35.5. The molecule has 0 fully saturated rings. The van der Waals surface area contributed by atoms with E-state index in [2.05, 4.69) is 4.98 Å². The molecule has 6 heteroatoms. The molecule has 0 bridgehead atoms. The summed E-state index contributed by atoms with van der Waals surface area (Å²) >= 11 is 5.66.